The number of nitrogens with zero attached hydrogens (tertiary/aromatic N) is 1. The molecule has 0 fully saturated rings. The second kappa shape index (κ2) is 7.92. The van der Waals surface area contributed by atoms with E-state index in [0.717, 1.165) is 6.54 Å². The van der Waals surface area contributed by atoms with Gasteiger partial charge in [-0.25, -0.2) is 0 Å². The first-order valence-electron chi connectivity index (χ1n) is 6.78. The molecule has 0 aromatic heterocycles. The van der Waals surface area contributed by atoms with E-state index < -0.39 is 0 Å². The molecule has 106 valence electrons. The van der Waals surface area contributed by atoms with E-state index in [-0.39, 0.29) is 5.91 Å². The fourth-order valence-corrected chi connectivity index (χ4v) is 1.75. The molecule has 0 saturated heterocycles. The average molecular weight is 263 g/mol. The lowest BCUT2D eigenvalue weighted by Gasteiger charge is -2.22. The van der Waals surface area contributed by atoms with Gasteiger partial charge in [-0.3, -0.25) is 9.69 Å². The standard InChI is InChI=1S/C15H25N3O/c1-12(2)18(3)11-14-7-5-4-6-13(14)10-17-15(19)8-9-16/h4-7,12H,8-11,16H2,1-3H3,(H,17,19). The van der Waals surface area contributed by atoms with E-state index in [1.165, 1.54) is 11.1 Å². The molecule has 0 radical (unpaired) electrons. The van der Waals surface area contributed by atoms with Crippen LogP contribution in [0.1, 0.15) is 31.4 Å². The summed E-state index contributed by atoms with van der Waals surface area (Å²) in [5.74, 6) is 0.00881. The molecule has 0 heterocycles. The zero-order chi connectivity index (χ0) is 14.3. The van der Waals surface area contributed by atoms with Crippen LogP contribution in [-0.2, 0) is 17.9 Å². The van der Waals surface area contributed by atoms with Crippen LogP contribution in [0.3, 0.4) is 0 Å². The topological polar surface area (TPSA) is 58.4 Å². The van der Waals surface area contributed by atoms with Crippen LogP contribution in [0.15, 0.2) is 24.3 Å². The maximum atomic E-state index is 11.5. The molecule has 1 rings (SSSR count). The van der Waals surface area contributed by atoms with E-state index in [1.807, 2.05) is 12.1 Å². The van der Waals surface area contributed by atoms with Gasteiger partial charge in [0.25, 0.3) is 0 Å². The molecule has 0 bridgehead atoms. The molecule has 1 aromatic carbocycles. The van der Waals surface area contributed by atoms with E-state index in [1.54, 1.807) is 0 Å². The number of nitrogens with two attached hydrogens (primary N) is 1. The Labute approximate surface area is 116 Å². The van der Waals surface area contributed by atoms with Gasteiger partial charge < -0.3 is 11.1 Å². The fourth-order valence-electron chi connectivity index (χ4n) is 1.75. The first kappa shape index (κ1) is 15.7. The van der Waals surface area contributed by atoms with Gasteiger partial charge in [0.15, 0.2) is 0 Å². The highest BCUT2D eigenvalue weighted by Crippen LogP contribution is 2.12. The van der Waals surface area contributed by atoms with E-state index in [0.29, 0.717) is 25.6 Å². The molecule has 0 saturated carbocycles. The van der Waals surface area contributed by atoms with Crippen molar-refractivity contribution in [2.45, 2.75) is 39.4 Å². The molecule has 1 aromatic rings. The smallest absolute Gasteiger partial charge is 0.221 e. The maximum Gasteiger partial charge on any atom is 0.221 e. The summed E-state index contributed by atoms with van der Waals surface area (Å²) in [6.07, 6.45) is 0.383. The Morgan fingerprint density at radius 2 is 1.95 bits per heavy atom. The van der Waals surface area contributed by atoms with Crippen molar-refractivity contribution < 1.29 is 4.79 Å². The Morgan fingerprint density at radius 1 is 1.32 bits per heavy atom. The number of hydrogen-bond acceptors (Lipinski definition) is 3. The molecule has 0 aliphatic carbocycles. The van der Waals surface area contributed by atoms with Crippen LogP contribution in [0.4, 0.5) is 0 Å². The van der Waals surface area contributed by atoms with E-state index in [2.05, 4.69) is 43.2 Å². The largest absolute Gasteiger partial charge is 0.352 e. The Kier molecular flexibility index (Phi) is 6.53. The summed E-state index contributed by atoms with van der Waals surface area (Å²) in [5, 5.41) is 2.91. The summed E-state index contributed by atoms with van der Waals surface area (Å²) in [6.45, 7) is 6.20. The van der Waals surface area contributed by atoms with Crippen molar-refractivity contribution in [3.63, 3.8) is 0 Å². The van der Waals surface area contributed by atoms with Gasteiger partial charge >= 0.3 is 0 Å². The number of rotatable bonds is 7. The minimum Gasteiger partial charge on any atom is -0.352 e. The highest BCUT2D eigenvalue weighted by atomic mass is 16.1. The number of carbonyl (C=O) groups excluding carboxylic acids is 1. The van der Waals surface area contributed by atoms with Gasteiger partial charge in [0, 0.05) is 32.1 Å². The summed E-state index contributed by atoms with van der Waals surface area (Å²) in [6, 6.07) is 8.72. The highest BCUT2D eigenvalue weighted by Gasteiger charge is 2.08. The SMILES string of the molecule is CC(C)N(C)Cc1ccccc1CNC(=O)CCN. The van der Waals surface area contributed by atoms with Crippen LogP contribution >= 0.6 is 0 Å². The van der Waals surface area contributed by atoms with Crippen LogP contribution in [0, 0.1) is 0 Å². The van der Waals surface area contributed by atoms with Crippen molar-refractivity contribution in [2.24, 2.45) is 5.73 Å². The van der Waals surface area contributed by atoms with Gasteiger partial charge in [-0.2, -0.15) is 0 Å². The van der Waals surface area contributed by atoms with E-state index in [4.69, 9.17) is 5.73 Å². The maximum absolute atomic E-state index is 11.5. The first-order chi connectivity index (χ1) is 9.04. The normalized spacial score (nSPS) is 11.1. The van der Waals surface area contributed by atoms with Crippen LogP contribution < -0.4 is 11.1 Å². The van der Waals surface area contributed by atoms with E-state index >= 15 is 0 Å². The lowest BCUT2D eigenvalue weighted by Crippen LogP contribution is -2.28. The quantitative estimate of drug-likeness (QED) is 0.783. The van der Waals surface area contributed by atoms with Gasteiger partial charge in [-0.05, 0) is 32.0 Å². The van der Waals surface area contributed by atoms with Crippen molar-refractivity contribution in [1.82, 2.24) is 10.2 Å². The molecule has 3 N–H and O–H groups in total. The molecule has 0 unspecified atom stereocenters. The number of nitrogens with one attached hydrogen (secondary N) is 1. The van der Waals surface area contributed by atoms with E-state index in [9.17, 15) is 4.79 Å². The second-order valence-corrected chi connectivity index (χ2v) is 5.09. The molecule has 4 nitrogen and oxygen atoms in total. The van der Waals surface area contributed by atoms with Gasteiger partial charge in [-0.15, -0.1) is 0 Å². The van der Waals surface area contributed by atoms with Gasteiger partial charge in [0.1, 0.15) is 0 Å². The van der Waals surface area contributed by atoms with Crippen molar-refractivity contribution in [3.05, 3.63) is 35.4 Å². The third kappa shape index (κ3) is 5.41. The molecule has 4 heteroatoms. The summed E-state index contributed by atoms with van der Waals surface area (Å²) >= 11 is 0. The predicted molar refractivity (Wildman–Crippen MR) is 78.6 cm³/mol. The molecule has 19 heavy (non-hydrogen) atoms. The zero-order valence-corrected chi connectivity index (χ0v) is 12.1. The summed E-state index contributed by atoms with van der Waals surface area (Å²) in [7, 11) is 2.11. The van der Waals surface area contributed by atoms with Gasteiger partial charge in [0.05, 0.1) is 0 Å². The predicted octanol–water partition coefficient (Wildman–Crippen LogP) is 1.49. The number of benzene rings is 1. The van der Waals surface area contributed by atoms with Gasteiger partial charge in [0.2, 0.25) is 5.91 Å². The zero-order valence-electron chi connectivity index (χ0n) is 12.1. The Hall–Kier alpha value is -1.39. The molecule has 1 amide bonds. The Balaban J connectivity index is 2.65. The first-order valence-corrected chi connectivity index (χ1v) is 6.78. The highest BCUT2D eigenvalue weighted by molar-refractivity contribution is 5.76. The minimum atomic E-state index is 0.00881. The number of amides is 1. The summed E-state index contributed by atoms with van der Waals surface area (Å²) in [4.78, 5) is 13.7. The lowest BCUT2D eigenvalue weighted by atomic mass is 10.1. The third-order valence-electron chi connectivity index (χ3n) is 3.27. The van der Waals surface area contributed by atoms with Crippen molar-refractivity contribution in [3.8, 4) is 0 Å². The van der Waals surface area contributed by atoms with Crippen LogP contribution in [0.25, 0.3) is 0 Å². The number of hydrogen-bond donors (Lipinski definition) is 2. The lowest BCUT2D eigenvalue weighted by molar-refractivity contribution is -0.121. The average Bonchev–Trinajstić information content (AvgIpc) is 2.38. The Bertz CT molecular complexity index is 404. The summed E-state index contributed by atoms with van der Waals surface area (Å²) in [5.41, 5.74) is 7.78. The molecular formula is C15H25N3O. The van der Waals surface area contributed by atoms with Crippen molar-refractivity contribution in [2.75, 3.05) is 13.6 Å². The Morgan fingerprint density at radius 3 is 2.53 bits per heavy atom. The monoisotopic (exact) mass is 263 g/mol. The fraction of sp³-hybridized carbons (Fsp3) is 0.533. The van der Waals surface area contributed by atoms with Gasteiger partial charge in [-0.1, -0.05) is 24.3 Å². The second-order valence-electron chi connectivity index (χ2n) is 5.09. The van der Waals surface area contributed by atoms with Crippen molar-refractivity contribution in [1.29, 1.82) is 0 Å². The molecule has 0 aliphatic heterocycles. The van der Waals surface area contributed by atoms with Crippen LogP contribution in [0.5, 0.6) is 0 Å². The molecule has 0 spiro atoms. The van der Waals surface area contributed by atoms with Crippen LogP contribution in [-0.4, -0.2) is 30.4 Å². The molecular weight excluding hydrogens is 238 g/mol. The number of carbonyl (C=O) groups is 1. The molecule has 0 atom stereocenters. The molecule has 0 aliphatic rings. The van der Waals surface area contributed by atoms with Crippen LogP contribution in [0.2, 0.25) is 0 Å². The summed E-state index contributed by atoms with van der Waals surface area (Å²) < 4.78 is 0. The van der Waals surface area contributed by atoms with Crippen molar-refractivity contribution >= 4 is 5.91 Å². The third-order valence-corrected chi connectivity index (χ3v) is 3.27. The minimum absolute atomic E-state index is 0.00881.